The number of benzene rings is 1. The van der Waals surface area contributed by atoms with Crippen molar-refractivity contribution < 1.29 is 5.11 Å². The summed E-state index contributed by atoms with van der Waals surface area (Å²) in [6, 6.07) is 9.98. The molecule has 16 heavy (non-hydrogen) atoms. The number of aromatic nitrogens is 1. The quantitative estimate of drug-likeness (QED) is 0.818. The highest BCUT2D eigenvalue weighted by atomic mass is 16.3. The van der Waals surface area contributed by atoms with Gasteiger partial charge in [-0.2, -0.15) is 0 Å². The average Bonchev–Trinajstić information content (AvgIpc) is 2.67. The van der Waals surface area contributed by atoms with Crippen LogP contribution in [0.15, 0.2) is 36.5 Å². The average molecular weight is 215 g/mol. The van der Waals surface area contributed by atoms with Gasteiger partial charge in [0.15, 0.2) is 0 Å². The molecule has 0 aliphatic carbocycles. The van der Waals surface area contributed by atoms with Crippen molar-refractivity contribution in [3.63, 3.8) is 0 Å². The van der Waals surface area contributed by atoms with Crippen LogP contribution in [-0.2, 0) is 7.05 Å². The summed E-state index contributed by atoms with van der Waals surface area (Å²) < 4.78 is 1.94. The first-order chi connectivity index (χ1) is 7.59. The number of hydrogen-bond acceptors (Lipinski definition) is 1. The Hall–Kier alpha value is -1.54. The number of aliphatic hydroxyl groups is 1. The van der Waals surface area contributed by atoms with Crippen molar-refractivity contribution >= 4 is 0 Å². The minimum absolute atomic E-state index is 0.542. The highest BCUT2D eigenvalue weighted by molar-refractivity contribution is 5.34. The van der Waals surface area contributed by atoms with E-state index in [0.29, 0.717) is 0 Å². The lowest BCUT2D eigenvalue weighted by Crippen LogP contribution is -2.05. The Morgan fingerprint density at radius 3 is 2.44 bits per heavy atom. The van der Waals surface area contributed by atoms with E-state index in [1.165, 1.54) is 11.1 Å². The summed E-state index contributed by atoms with van der Waals surface area (Å²) >= 11 is 0. The van der Waals surface area contributed by atoms with Crippen LogP contribution in [0, 0.1) is 13.8 Å². The van der Waals surface area contributed by atoms with Gasteiger partial charge in [0.1, 0.15) is 6.10 Å². The first kappa shape index (κ1) is 11.0. The second-order valence-electron chi connectivity index (χ2n) is 4.29. The highest BCUT2D eigenvalue weighted by Gasteiger charge is 2.13. The van der Waals surface area contributed by atoms with E-state index in [1.807, 2.05) is 42.1 Å². The molecule has 0 amide bonds. The second-order valence-corrected chi connectivity index (χ2v) is 4.29. The Kier molecular flexibility index (Phi) is 2.84. The Labute approximate surface area is 96.2 Å². The van der Waals surface area contributed by atoms with E-state index in [4.69, 9.17) is 0 Å². The molecular weight excluding hydrogens is 198 g/mol. The largest absolute Gasteiger partial charge is 0.382 e. The van der Waals surface area contributed by atoms with Gasteiger partial charge in [-0.3, -0.25) is 0 Å². The lowest BCUT2D eigenvalue weighted by molar-refractivity contribution is 0.211. The first-order valence-corrected chi connectivity index (χ1v) is 5.46. The second kappa shape index (κ2) is 4.14. The normalized spacial score (nSPS) is 12.8. The number of nitrogens with zero attached hydrogens (tertiary/aromatic N) is 1. The van der Waals surface area contributed by atoms with Crippen molar-refractivity contribution in [1.82, 2.24) is 4.57 Å². The van der Waals surface area contributed by atoms with Crippen LogP contribution >= 0.6 is 0 Å². The Bertz CT molecular complexity index is 499. The Balaban J connectivity index is 2.38. The van der Waals surface area contributed by atoms with Gasteiger partial charge in [-0.15, -0.1) is 0 Å². The Morgan fingerprint density at radius 2 is 1.88 bits per heavy atom. The van der Waals surface area contributed by atoms with Crippen molar-refractivity contribution in [2.75, 3.05) is 0 Å². The van der Waals surface area contributed by atoms with Crippen LogP contribution in [0.25, 0.3) is 0 Å². The first-order valence-electron chi connectivity index (χ1n) is 5.46. The molecule has 2 nitrogen and oxygen atoms in total. The topological polar surface area (TPSA) is 25.2 Å². The molecule has 1 N–H and O–H groups in total. The van der Waals surface area contributed by atoms with Crippen LogP contribution in [0.1, 0.15) is 28.5 Å². The monoisotopic (exact) mass is 215 g/mol. The summed E-state index contributed by atoms with van der Waals surface area (Å²) in [4.78, 5) is 0. The molecule has 2 heteroatoms. The maximum atomic E-state index is 10.3. The van der Waals surface area contributed by atoms with Gasteiger partial charge < -0.3 is 9.67 Å². The zero-order valence-corrected chi connectivity index (χ0v) is 9.94. The molecular formula is C14H17NO. The van der Waals surface area contributed by atoms with Gasteiger partial charge in [-0.05, 0) is 42.7 Å². The van der Waals surface area contributed by atoms with Crippen LogP contribution in [-0.4, -0.2) is 9.67 Å². The predicted octanol–water partition coefficient (Wildman–Crippen LogP) is 2.72. The van der Waals surface area contributed by atoms with Crippen LogP contribution in [0.4, 0.5) is 0 Å². The molecule has 0 aliphatic heterocycles. The zero-order chi connectivity index (χ0) is 11.7. The van der Waals surface area contributed by atoms with Gasteiger partial charge in [0, 0.05) is 13.2 Å². The molecule has 2 rings (SSSR count). The number of aliphatic hydroxyl groups excluding tert-OH is 1. The maximum absolute atomic E-state index is 10.3. The van der Waals surface area contributed by atoms with E-state index in [-0.39, 0.29) is 0 Å². The molecule has 1 aromatic carbocycles. The summed E-state index contributed by atoms with van der Waals surface area (Å²) in [6.07, 6.45) is 1.40. The van der Waals surface area contributed by atoms with Crippen LogP contribution in [0.5, 0.6) is 0 Å². The van der Waals surface area contributed by atoms with Gasteiger partial charge in [0.25, 0.3) is 0 Å². The summed E-state index contributed by atoms with van der Waals surface area (Å²) in [6.45, 7) is 4.14. The third-order valence-electron chi connectivity index (χ3n) is 3.11. The lowest BCUT2D eigenvalue weighted by atomic mass is 10.0. The lowest BCUT2D eigenvalue weighted by Gasteiger charge is -2.13. The van der Waals surface area contributed by atoms with E-state index in [9.17, 15) is 5.11 Å². The SMILES string of the molecule is Cc1ccc(C(O)c2cccn2C)cc1C. The third-order valence-corrected chi connectivity index (χ3v) is 3.11. The van der Waals surface area contributed by atoms with Crippen molar-refractivity contribution in [2.24, 2.45) is 7.05 Å². The van der Waals surface area contributed by atoms with Crippen LogP contribution < -0.4 is 0 Å². The van der Waals surface area contributed by atoms with Crippen molar-refractivity contribution in [3.8, 4) is 0 Å². The minimum atomic E-state index is -0.542. The fraction of sp³-hybridized carbons (Fsp3) is 0.286. The smallest absolute Gasteiger partial charge is 0.119 e. The zero-order valence-electron chi connectivity index (χ0n) is 9.94. The molecule has 84 valence electrons. The molecule has 0 spiro atoms. The van der Waals surface area contributed by atoms with Crippen LogP contribution in [0.2, 0.25) is 0 Å². The van der Waals surface area contributed by atoms with Crippen molar-refractivity contribution in [1.29, 1.82) is 0 Å². The molecule has 1 heterocycles. The fourth-order valence-corrected chi connectivity index (χ4v) is 1.86. The molecule has 0 bridgehead atoms. The van der Waals surface area contributed by atoms with Gasteiger partial charge >= 0.3 is 0 Å². The highest BCUT2D eigenvalue weighted by Crippen LogP contribution is 2.23. The molecule has 0 saturated carbocycles. The van der Waals surface area contributed by atoms with E-state index in [2.05, 4.69) is 19.9 Å². The summed E-state index contributed by atoms with van der Waals surface area (Å²) in [7, 11) is 1.94. The Morgan fingerprint density at radius 1 is 1.12 bits per heavy atom. The fourth-order valence-electron chi connectivity index (χ4n) is 1.86. The number of hydrogen-bond donors (Lipinski definition) is 1. The molecule has 1 unspecified atom stereocenters. The van der Waals surface area contributed by atoms with E-state index in [1.54, 1.807) is 0 Å². The standard InChI is InChI=1S/C14H17NO/c1-10-6-7-12(9-11(10)2)14(16)13-5-4-8-15(13)3/h4-9,14,16H,1-3H3. The van der Waals surface area contributed by atoms with Gasteiger partial charge in [-0.1, -0.05) is 18.2 Å². The van der Waals surface area contributed by atoms with Gasteiger partial charge in [0.05, 0.1) is 5.69 Å². The molecule has 1 aromatic heterocycles. The van der Waals surface area contributed by atoms with Crippen LogP contribution in [0.3, 0.4) is 0 Å². The molecule has 2 aromatic rings. The van der Waals surface area contributed by atoms with E-state index < -0.39 is 6.10 Å². The molecule has 0 fully saturated rings. The van der Waals surface area contributed by atoms with Gasteiger partial charge in [-0.25, -0.2) is 0 Å². The van der Waals surface area contributed by atoms with Gasteiger partial charge in [0.2, 0.25) is 0 Å². The van der Waals surface area contributed by atoms with Crippen molar-refractivity contribution in [2.45, 2.75) is 20.0 Å². The third kappa shape index (κ3) is 1.89. The summed E-state index contributed by atoms with van der Waals surface area (Å²) in [5.74, 6) is 0. The summed E-state index contributed by atoms with van der Waals surface area (Å²) in [5, 5.41) is 10.3. The number of aryl methyl sites for hydroxylation is 3. The molecule has 0 saturated heterocycles. The molecule has 0 radical (unpaired) electrons. The van der Waals surface area contributed by atoms with E-state index >= 15 is 0 Å². The number of rotatable bonds is 2. The van der Waals surface area contributed by atoms with Crippen molar-refractivity contribution in [3.05, 3.63) is 58.9 Å². The molecule has 1 atom stereocenters. The predicted molar refractivity (Wildman–Crippen MR) is 65.4 cm³/mol. The minimum Gasteiger partial charge on any atom is -0.382 e. The maximum Gasteiger partial charge on any atom is 0.119 e. The van der Waals surface area contributed by atoms with E-state index in [0.717, 1.165) is 11.3 Å². The summed E-state index contributed by atoms with van der Waals surface area (Å²) in [5.41, 5.74) is 4.33. The molecule has 0 aliphatic rings.